The van der Waals surface area contributed by atoms with Crippen molar-refractivity contribution in [3.63, 3.8) is 0 Å². The normalized spacial score (nSPS) is 34.1. The van der Waals surface area contributed by atoms with Gasteiger partial charge in [-0.05, 0) is 31.6 Å². The van der Waals surface area contributed by atoms with Gasteiger partial charge in [0.2, 0.25) is 0 Å². The Morgan fingerprint density at radius 2 is 2.18 bits per heavy atom. The molecule has 0 bridgehead atoms. The van der Waals surface area contributed by atoms with Gasteiger partial charge in [0, 0.05) is 19.7 Å². The van der Waals surface area contributed by atoms with Crippen LogP contribution in [0.15, 0.2) is 0 Å². The van der Waals surface area contributed by atoms with Gasteiger partial charge in [-0.25, -0.2) is 0 Å². The van der Waals surface area contributed by atoms with E-state index in [1.165, 1.54) is 38.5 Å². The summed E-state index contributed by atoms with van der Waals surface area (Å²) in [5.74, 6) is 0.855. The summed E-state index contributed by atoms with van der Waals surface area (Å²) >= 11 is 0. The summed E-state index contributed by atoms with van der Waals surface area (Å²) in [7, 11) is 0. The minimum Gasteiger partial charge on any atom is -0.377 e. The van der Waals surface area contributed by atoms with Crippen molar-refractivity contribution in [1.82, 2.24) is 5.32 Å². The monoisotopic (exact) mass is 241 g/mol. The van der Waals surface area contributed by atoms with Crippen LogP contribution in [0.25, 0.3) is 0 Å². The quantitative estimate of drug-likeness (QED) is 0.724. The van der Waals surface area contributed by atoms with E-state index in [2.05, 4.69) is 12.2 Å². The van der Waals surface area contributed by atoms with E-state index < -0.39 is 0 Å². The van der Waals surface area contributed by atoms with Gasteiger partial charge in [-0.2, -0.15) is 0 Å². The van der Waals surface area contributed by atoms with Gasteiger partial charge in [-0.15, -0.1) is 0 Å². The van der Waals surface area contributed by atoms with E-state index in [1.807, 2.05) is 0 Å². The molecule has 0 radical (unpaired) electrons. The summed E-state index contributed by atoms with van der Waals surface area (Å²) in [6, 6.07) is 0. The van der Waals surface area contributed by atoms with Crippen LogP contribution in [0.5, 0.6) is 0 Å². The Hall–Kier alpha value is -0.120. The second kappa shape index (κ2) is 7.34. The van der Waals surface area contributed by atoms with E-state index >= 15 is 0 Å². The lowest BCUT2D eigenvalue weighted by Gasteiger charge is -2.26. The predicted octanol–water partition coefficient (Wildman–Crippen LogP) is 2.35. The highest BCUT2D eigenvalue weighted by Gasteiger charge is 2.19. The molecule has 0 amide bonds. The van der Waals surface area contributed by atoms with E-state index in [-0.39, 0.29) is 0 Å². The molecule has 1 saturated carbocycles. The summed E-state index contributed by atoms with van der Waals surface area (Å²) in [5.41, 5.74) is 0. The van der Waals surface area contributed by atoms with E-state index in [0.717, 1.165) is 32.2 Å². The first-order valence-electron chi connectivity index (χ1n) is 7.28. The van der Waals surface area contributed by atoms with Crippen molar-refractivity contribution in [3.8, 4) is 0 Å². The summed E-state index contributed by atoms with van der Waals surface area (Å²) in [5, 5.41) is 3.43. The standard InChI is InChI=1S/C14H27NO2/c1-12-4-2-5-13(10-12)17-9-7-15-11-14-6-3-8-16-14/h12-15H,2-11H2,1H3. The molecule has 0 aromatic carbocycles. The molecule has 100 valence electrons. The molecule has 3 heteroatoms. The van der Waals surface area contributed by atoms with Crippen LogP contribution in [0.1, 0.15) is 45.4 Å². The highest BCUT2D eigenvalue weighted by atomic mass is 16.5. The minimum atomic E-state index is 0.449. The molecule has 0 aromatic rings. The first-order valence-corrected chi connectivity index (χ1v) is 7.28. The molecule has 0 aromatic heterocycles. The summed E-state index contributed by atoms with van der Waals surface area (Å²) < 4.78 is 11.5. The number of ether oxygens (including phenoxy) is 2. The zero-order chi connectivity index (χ0) is 11.9. The molecule has 0 spiro atoms. The molecule has 3 unspecified atom stereocenters. The maximum Gasteiger partial charge on any atom is 0.0700 e. The SMILES string of the molecule is CC1CCCC(OCCNCC2CCCO2)C1. The molecular weight excluding hydrogens is 214 g/mol. The number of nitrogens with one attached hydrogen (secondary N) is 1. The van der Waals surface area contributed by atoms with Gasteiger partial charge in [-0.3, -0.25) is 0 Å². The number of hydrogen-bond acceptors (Lipinski definition) is 3. The average Bonchev–Trinajstić information content (AvgIpc) is 2.82. The molecule has 1 N–H and O–H groups in total. The molecule has 1 aliphatic carbocycles. The van der Waals surface area contributed by atoms with Gasteiger partial charge in [-0.1, -0.05) is 19.8 Å². The van der Waals surface area contributed by atoms with Gasteiger partial charge in [0.15, 0.2) is 0 Å². The van der Waals surface area contributed by atoms with Crippen LogP contribution in [0, 0.1) is 5.92 Å². The smallest absolute Gasteiger partial charge is 0.0700 e. The van der Waals surface area contributed by atoms with Crippen molar-refractivity contribution < 1.29 is 9.47 Å². The van der Waals surface area contributed by atoms with E-state index in [9.17, 15) is 0 Å². The second-order valence-electron chi connectivity index (χ2n) is 5.60. The third kappa shape index (κ3) is 4.94. The van der Waals surface area contributed by atoms with Crippen LogP contribution in [0.4, 0.5) is 0 Å². The van der Waals surface area contributed by atoms with E-state index in [4.69, 9.17) is 9.47 Å². The van der Waals surface area contributed by atoms with Crippen LogP contribution in [0.2, 0.25) is 0 Å². The fraction of sp³-hybridized carbons (Fsp3) is 1.00. The van der Waals surface area contributed by atoms with E-state index in [1.54, 1.807) is 0 Å². The highest BCUT2D eigenvalue weighted by molar-refractivity contribution is 4.71. The van der Waals surface area contributed by atoms with Crippen molar-refractivity contribution >= 4 is 0 Å². The Morgan fingerprint density at radius 1 is 1.24 bits per heavy atom. The summed E-state index contributed by atoms with van der Waals surface area (Å²) in [6.07, 6.45) is 8.65. The Labute approximate surface area is 105 Å². The third-order valence-corrected chi connectivity index (χ3v) is 3.92. The fourth-order valence-electron chi connectivity index (χ4n) is 2.90. The molecule has 1 saturated heterocycles. The lowest BCUT2D eigenvalue weighted by molar-refractivity contribution is 0.0161. The Morgan fingerprint density at radius 3 is 2.94 bits per heavy atom. The van der Waals surface area contributed by atoms with Gasteiger partial charge < -0.3 is 14.8 Å². The Kier molecular flexibility index (Phi) is 5.75. The number of hydrogen-bond donors (Lipinski definition) is 1. The van der Waals surface area contributed by atoms with Crippen LogP contribution >= 0.6 is 0 Å². The first-order chi connectivity index (χ1) is 8.34. The molecule has 3 atom stereocenters. The van der Waals surface area contributed by atoms with Crippen LogP contribution < -0.4 is 5.32 Å². The molecule has 1 aliphatic heterocycles. The van der Waals surface area contributed by atoms with Gasteiger partial charge >= 0.3 is 0 Å². The molecule has 2 aliphatic rings. The third-order valence-electron chi connectivity index (χ3n) is 3.92. The van der Waals surface area contributed by atoms with Crippen molar-refractivity contribution in [3.05, 3.63) is 0 Å². The summed E-state index contributed by atoms with van der Waals surface area (Å²) in [6.45, 7) is 6.09. The van der Waals surface area contributed by atoms with E-state index in [0.29, 0.717) is 12.2 Å². The molecule has 2 fully saturated rings. The summed E-state index contributed by atoms with van der Waals surface area (Å²) in [4.78, 5) is 0. The predicted molar refractivity (Wildman–Crippen MR) is 69.2 cm³/mol. The lowest BCUT2D eigenvalue weighted by Crippen LogP contribution is -2.31. The highest BCUT2D eigenvalue weighted by Crippen LogP contribution is 2.25. The molecule has 2 rings (SSSR count). The molecular formula is C14H27NO2. The molecule has 1 heterocycles. The Balaban J connectivity index is 1.45. The topological polar surface area (TPSA) is 30.5 Å². The Bertz CT molecular complexity index is 204. The van der Waals surface area contributed by atoms with Gasteiger partial charge in [0.05, 0.1) is 18.8 Å². The zero-order valence-corrected chi connectivity index (χ0v) is 11.1. The van der Waals surface area contributed by atoms with Crippen LogP contribution in [0.3, 0.4) is 0 Å². The van der Waals surface area contributed by atoms with Crippen molar-refractivity contribution in [2.75, 3.05) is 26.3 Å². The number of rotatable bonds is 6. The van der Waals surface area contributed by atoms with Gasteiger partial charge in [0.25, 0.3) is 0 Å². The zero-order valence-electron chi connectivity index (χ0n) is 11.1. The van der Waals surface area contributed by atoms with Crippen LogP contribution in [-0.4, -0.2) is 38.5 Å². The van der Waals surface area contributed by atoms with Crippen molar-refractivity contribution in [2.24, 2.45) is 5.92 Å². The van der Waals surface area contributed by atoms with Crippen LogP contribution in [-0.2, 0) is 9.47 Å². The first kappa shape index (κ1) is 13.3. The minimum absolute atomic E-state index is 0.449. The maximum absolute atomic E-state index is 5.91. The van der Waals surface area contributed by atoms with Gasteiger partial charge in [0.1, 0.15) is 0 Å². The average molecular weight is 241 g/mol. The largest absolute Gasteiger partial charge is 0.377 e. The molecule has 17 heavy (non-hydrogen) atoms. The lowest BCUT2D eigenvalue weighted by atomic mass is 9.89. The fourth-order valence-corrected chi connectivity index (χ4v) is 2.90. The second-order valence-corrected chi connectivity index (χ2v) is 5.60. The maximum atomic E-state index is 5.91. The van der Waals surface area contributed by atoms with Crippen molar-refractivity contribution in [1.29, 1.82) is 0 Å². The van der Waals surface area contributed by atoms with Crippen molar-refractivity contribution in [2.45, 2.75) is 57.7 Å². The molecule has 3 nitrogen and oxygen atoms in total.